The topological polar surface area (TPSA) is 12.9 Å². The zero-order valence-corrected chi connectivity index (χ0v) is 9.21. The first kappa shape index (κ1) is 10.1. The highest BCUT2D eigenvalue weighted by Gasteiger charge is 2.08. The van der Waals surface area contributed by atoms with E-state index in [1.54, 1.807) is 12.1 Å². The Morgan fingerprint density at radius 2 is 2.00 bits per heavy atom. The second kappa shape index (κ2) is 3.61. The third kappa shape index (κ3) is 1.72. The van der Waals surface area contributed by atoms with Gasteiger partial charge in [0.05, 0.1) is 5.52 Å². The van der Waals surface area contributed by atoms with Crippen LogP contribution in [0, 0.1) is 12.7 Å². The summed E-state index contributed by atoms with van der Waals surface area (Å²) in [6.45, 7) is 6.27. The van der Waals surface area contributed by atoms with E-state index in [-0.39, 0.29) is 5.82 Å². The summed E-state index contributed by atoms with van der Waals surface area (Å²) in [6, 6.07) is 4.73. The van der Waals surface area contributed by atoms with Gasteiger partial charge in [0.25, 0.3) is 0 Å². The minimum Gasteiger partial charge on any atom is -0.256 e. The maximum atomic E-state index is 13.1. The fourth-order valence-electron chi connectivity index (χ4n) is 1.89. The Labute approximate surface area is 89.0 Å². The molecule has 78 valence electrons. The summed E-state index contributed by atoms with van der Waals surface area (Å²) in [5.74, 6) is 0.221. The van der Waals surface area contributed by atoms with Crippen LogP contribution in [0.15, 0.2) is 24.4 Å². The highest BCUT2D eigenvalue weighted by atomic mass is 19.1. The maximum Gasteiger partial charge on any atom is 0.123 e. The van der Waals surface area contributed by atoms with Gasteiger partial charge in [0.1, 0.15) is 5.82 Å². The molecule has 2 heteroatoms. The fourth-order valence-corrected chi connectivity index (χ4v) is 1.89. The molecule has 1 aromatic carbocycles. The van der Waals surface area contributed by atoms with E-state index in [2.05, 4.69) is 18.8 Å². The van der Waals surface area contributed by atoms with Gasteiger partial charge in [-0.1, -0.05) is 13.8 Å². The molecule has 0 fully saturated rings. The van der Waals surface area contributed by atoms with E-state index in [0.717, 1.165) is 16.5 Å². The summed E-state index contributed by atoms with van der Waals surface area (Å²) in [7, 11) is 0. The van der Waals surface area contributed by atoms with E-state index in [0.29, 0.717) is 5.92 Å². The lowest BCUT2D eigenvalue weighted by molar-refractivity contribution is 0.629. The Kier molecular flexibility index (Phi) is 2.43. The second-order valence-electron chi connectivity index (χ2n) is 4.15. The molecule has 1 nitrogen and oxygen atoms in total. The number of aryl methyl sites for hydroxylation is 1. The van der Waals surface area contributed by atoms with Crippen molar-refractivity contribution in [2.45, 2.75) is 26.7 Å². The zero-order chi connectivity index (χ0) is 11.0. The lowest BCUT2D eigenvalue weighted by atomic mass is 9.97. The molecule has 0 atom stereocenters. The van der Waals surface area contributed by atoms with Crippen molar-refractivity contribution < 1.29 is 4.39 Å². The quantitative estimate of drug-likeness (QED) is 0.686. The van der Waals surface area contributed by atoms with Crippen LogP contribution in [-0.4, -0.2) is 4.98 Å². The molecule has 15 heavy (non-hydrogen) atoms. The first-order valence-electron chi connectivity index (χ1n) is 5.14. The number of aromatic nitrogens is 1. The first-order valence-corrected chi connectivity index (χ1v) is 5.14. The zero-order valence-electron chi connectivity index (χ0n) is 9.21. The van der Waals surface area contributed by atoms with Gasteiger partial charge in [-0.3, -0.25) is 4.98 Å². The maximum absolute atomic E-state index is 13.1. The molecule has 0 unspecified atom stereocenters. The molecule has 1 aromatic heterocycles. The van der Waals surface area contributed by atoms with E-state index in [9.17, 15) is 4.39 Å². The predicted molar refractivity (Wildman–Crippen MR) is 60.5 cm³/mol. The van der Waals surface area contributed by atoms with E-state index in [4.69, 9.17) is 0 Å². The standard InChI is InChI=1S/C13H14FN/c1-8(2)12-7-15-13-5-4-10(14)6-11(13)9(12)3/h4-8H,1-3H3. The van der Waals surface area contributed by atoms with Crippen molar-refractivity contribution in [2.75, 3.05) is 0 Å². The molecule has 0 amide bonds. The van der Waals surface area contributed by atoms with Crippen molar-refractivity contribution in [3.05, 3.63) is 41.3 Å². The van der Waals surface area contributed by atoms with Crippen molar-refractivity contribution in [1.82, 2.24) is 4.98 Å². The molecule has 0 bridgehead atoms. The summed E-state index contributed by atoms with van der Waals surface area (Å²) in [6.07, 6.45) is 1.89. The molecule has 0 aliphatic heterocycles. The van der Waals surface area contributed by atoms with E-state index >= 15 is 0 Å². The van der Waals surface area contributed by atoms with Crippen LogP contribution in [0.2, 0.25) is 0 Å². The van der Waals surface area contributed by atoms with Crippen LogP contribution < -0.4 is 0 Å². The number of hydrogen-bond acceptors (Lipinski definition) is 1. The molecule has 0 spiro atoms. The lowest BCUT2D eigenvalue weighted by Crippen LogP contribution is -1.95. The number of pyridine rings is 1. The molecule has 0 aliphatic rings. The lowest BCUT2D eigenvalue weighted by Gasteiger charge is -2.11. The molecule has 2 aromatic rings. The molecular formula is C13H14FN. The Balaban J connectivity index is 2.77. The van der Waals surface area contributed by atoms with Crippen molar-refractivity contribution in [3.8, 4) is 0 Å². The minimum atomic E-state index is -0.201. The van der Waals surface area contributed by atoms with Gasteiger partial charge in [-0.15, -0.1) is 0 Å². The van der Waals surface area contributed by atoms with Gasteiger partial charge < -0.3 is 0 Å². The van der Waals surface area contributed by atoms with Gasteiger partial charge in [-0.2, -0.15) is 0 Å². The molecule has 0 saturated carbocycles. The van der Waals surface area contributed by atoms with Crippen LogP contribution in [0.5, 0.6) is 0 Å². The normalized spacial score (nSPS) is 11.3. The minimum absolute atomic E-state index is 0.201. The van der Waals surface area contributed by atoms with Crippen LogP contribution in [0.1, 0.15) is 30.9 Å². The first-order chi connectivity index (χ1) is 7.09. The number of nitrogens with zero attached hydrogens (tertiary/aromatic N) is 1. The van der Waals surface area contributed by atoms with Gasteiger partial charge in [0.2, 0.25) is 0 Å². The Hall–Kier alpha value is -1.44. The average molecular weight is 203 g/mol. The average Bonchev–Trinajstić information content (AvgIpc) is 2.19. The molecule has 0 radical (unpaired) electrons. The van der Waals surface area contributed by atoms with Gasteiger partial charge >= 0.3 is 0 Å². The van der Waals surface area contributed by atoms with Crippen LogP contribution in [0.4, 0.5) is 4.39 Å². The van der Waals surface area contributed by atoms with Crippen molar-refractivity contribution in [1.29, 1.82) is 0 Å². The SMILES string of the molecule is Cc1c(C(C)C)cnc2ccc(F)cc12. The van der Waals surface area contributed by atoms with Gasteiger partial charge in [-0.05, 0) is 42.2 Å². The van der Waals surface area contributed by atoms with Crippen molar-refractivity contribution >= 4 is 10.9 Å². The predicted octanol–water partition coefficient (Wildman–Crippen LogP) is 3.81. The molecule has 0 saturated heterocycles. The largest absolute Gasteiger partial charge is 0.256 e. The highest BCUT2D eigenvalue weighted by Crippen LogP contribution is 2.25. The summed E-state index contributed by atoms with van der Waals surface area (Å²) < 4.78 is 13.1. The molecule has 0 aliphatic carbocycles. The van der Waals surface area contributed by atoms with E-state index < -0.39 is 0 Å². The molecule has 2 rings (SSSR count). The number of hydrogen-bond donors (Lipinski definition) is 0. The van der Waals surface area contributed by atoms with Crippen LogP contribution in [0.25, 0.3) is 10.9 Å². The molecular weight excluding hydrogens is 189 g/mol. The summed E-state index contributed by atoms with van der Waals surface area (Å²) >= 11 is 0. The number of rotatable bonds is 1. The molecule has 0 N–H and O–H groups in total. The third-order valence-corrected chi connectivity index (χ3v) is 2.76. The Bertz CT molecular complexity index is 503. The van der Waals surface area contributed by atoms with Gasteiger partial charge in [0.15, 0.2) is 0 Å². The third-order valence-electron chi connectivity index (χ3n) is 2.76. The van der Waals surface area contributed by atoms with Crippen molar-refractivity contribution in [2.24, 2.45) is 0 Å². The molecule has 1 heterocycles. The van der Waals surface area contributed by atoms with Crippen LogP contribution >= 0.6 is 0 Å². The summed E-state index contributed by atoms with van der Waals surface area (Å²) in [5, 5.41) is 0.918. The number of benzene rings is 1. The van der Waals surface area contributed by atoms with Gasteiger partial charge in [0, 0.05) is 11.6 Å². The summed E-state index contributed by atoms with van der Waals surface area (Å²) in [4.78, 5) is 4.34. The Morgan fingerprint density at radius 3 is 2.67 bits per heavy atom. The monoisotopic (exact) mass is 203 g/mol. The van der Waals surface area contributed by atoms with Gasteiger partial charge in [-0.25, -0.2) is 4.39 Å². The van der Waals surface area contributed by atoms with E-state index in [1.165, 1.54) is 11.6 Å². The summed E-state index contributed by atoms with van der Waals surface area (Å²) in [5.41, 5.74) is 3.18. The highest BCUT2D eigenvalue weighted by molar-refractivity contribution is 5.82. The van der Waals surface area contributed by atoms with E-state index in [1.807, 2.05) is 13.1 Å². The van der Waals surface area contributed by atoms with Crippen LogP contribution in [0.3, 0.4) is 0 Å². The smallest absolute Gasteiger partial charge is 0.123 e. The second-order valence-corrected chi connectivity index (χ2v) is 4.15. The van der Waals surface area contributed by atoms with Crippen LogP contribution in [-0.2, 0) is 0 Å². The number of halogens is 1. The fraction of sp³-hybridized carbons (Fsp3) is 0.308. The van der Waals surface area contributed by atoms with Crippen molar-refractivity contribution in [3.63, 3.8) is 0 Å². The number of fused-ring (bicyclic) bond motifs is 1. The Morgan fingerprint density at radius 1 is 1.27 bits per heavy atom.